The first-order valence-electron chi connectivity index (χ1n) is 9.20. The van der Waals surface area contributed by atoms with Crippen molar-refractivity contribution < 1.29 is 13.2 Å². The molecule has 1 aromatic carbocycles. The van der Waals surface area contributed by atoms with Crippen LogP contribution in [0.5, 0.6) is 0 Å². The first kappa shape index (κ1) is 18.6. The van der Waals surface area contributed by atoms with Crippen LogP contribution in [0.1, 0.15) is 24.6 Å². The van der Waals surface area contributed by atoms with Gasteiger partial charge in [-0.25, -0.2) is 15.0 Å². The number of likely N-dealkylation sites (tertiary alicyclic amines) is 1. The molecule has 8 heteroatoms. The fourth-order valence-corrected chi connectivity index (χ4v) is 3.57. The molecule has 0 radical (unpaired) electrons. The standard InChI is InChI=1S/C20H20F3N5/c21-20(22,23)13-28-8-4-7-15(12-28)19-26-11-17(27-19)16-9-24-18(25-10-16)14-5-2-1-3-6-14/h1-3,5-6,9-11,15H,4,7-8,12-13H2,(H,26,27). The van der Waals surface area contributed by atoms with E-state index in [1.165, 1.54) is 4.90 Å². The Bertz CT molecular complexity index is 906. The topological polar surface area (TPSA) is 57.7 Å². The number of imidazole rings is 1. The molecule has 2 aromatic heterocycles. The van der Waals surface area contributed by atoms with Gasteiger partial charge in [0, 0.05) is 36.0 Å². The normalized spacial score (nSPS) is 18.3. The number of halogens is 3. The second kappa shape index (κ2) is 7.71. The van der Waals surface area contributed by atoms with Gasteiger partial charge < -0.3 is 4.98 Å². The Labute approximate surface area is 160 Å². The Morgan fingerprint density at radius 1 is 1.00 bits per heavy atom. The SMILES string of the molecule is FC(F)(F)CN1CCCC(c2ncc(-c3cnc(-c4ccccc4)nc3)[nH]2)C1. The number of rotatable bonds is 4. The van der Waals surface area contributed by atoms with Crippen molar-refractivity contribution in [1.82, 2.24) is 24.8 Å². The molecule has 0 saturated carbocycles. The molecule has 1 unspecified atom stereocenters. The molecule has 1 saturated heterocycles. The van der Waals surface area contributed by atoms with Gasteiger partial charge in [-0.3, -0.25) is 4.90 Å². The third-order valence-electron chi connectivity index (χ3n) is 4.89. The summed E-state index contributed by atoms with van der Waals surface area (Å²) in [7, 11) is 0. The number of alkyl halides is 3. The molecular formula is C20H20F3N5. The summed E-state index contributed by atoms with van der Waals surface area (Å²) in [6.07, 6.45) is 2.52. The van der Waals surface area contributed by atoms with E-state index in [1.807, 2.05) is 30.3 Å². The number of benzene rings is 1. The highest BCUT2D eigenvalue weighted by Crippen LogP contribution is 2.29. The quantitative estimate of drug-likeness (QED) is 0.726. The number of nitrogens with one attached hydrogen (secondary N) is 1. The van der Waals surface area contributed by atoms with E-state index in [0.717, 1.165) is 29.7 Å². The third-order valence-corrected chi connectivity index (χ3v) is 4.89. The Morgan fingerprint density at radius 3 is 2.46 bits per heavy atom. The lowest BCUT2D eigenvalue weighted by Crippen LogP contribution is -2.40. The average molecular weight is 387 g/mol. The van der Waals surface area contributed by atoms with Gasteiger partial charge in [0.15, 0.2) is 5.82 Å². The second-order valence-corrected chi connectivity index (χ2v) is 7.03. The summed E-state index contributed by atoms with van der Waals surface area (Å²) in [6.45, 7) is -0.0415. The monoisotopic (exact) mass is 387 g/mol. The van der Waals surface area contributed by atoms with Gasteiger partial charge in [-0.05, 0) is 19.4 Å². The van der Waals surface area contributed by atoms with Crippen LogP contribution in [0.15, 0.2) is 48.9 Å². The molecule has 1 fully saturated rings. The van der Waals surface area contributed by atoms with Crippen molar-refractivity contribution >= 4 is 0 Å². The lowest BCUT2D eigenvalue weighted by Gasteiger charge is -2.32. The number of hydrogen-bond donors (Lipinski definition) is 1. The zero-order valence-corrected chi connectivity index (χ0v) is 15.2. The first-order chi connectivity index (χ1) is 13.5. The van der Waals surface area contributed by atoms with Crippen molar-refractivity contribution in [3.8, 4) is 22.6 Å². The zero-order chi connectivity index (χ0) is 19.6. The maximum absolute atomic E-state index is 12.7. The van der Waals surface area contributed by atoms with Gasteiger partial charge in [-0.15, -0.1) is 0 Å². The van der Waals surface area contributed by atoms with Gasteiger partial charge in [0.25, 0.3) is 0 Å². The largest absolute Gasteiger partial charge is 0.401 e. The summed E-state index contributed by atoms with van der Waals surface area (Å²) in [4.78, 5) is 17.9. The number of hydrogen-bond acceptors (Lipinski definition) is 4. The van der Waals surface area contributed by atoms with Crippen LogP contribution in [0.25, 0.3) is 22.6 Å². The molecule has 3 aromatic rings. The van der Waals surface area contributed by atoms with Crippen LogP contribution in [-0.2, 0) is 0 Å². The number of H-pyrrole nitrogens is 1. The molecule has 1 atom stereocenters. The molecule has 1 aliphatic heterocycles. The van der Waals surface area contributed by atoms with E-state index in [4.69, 9.17) is 0 Å². The van der Waals surface area contributed by atoms with Crippen LogP contribution in [-0.4, -0.2) is 50.6 Å². The number of aromatic nitrogens is 4. The minimum atomic E-state index is -4.17. The summed E-state index contributed by atoms with van der Waals surface area (Å²) >= 11 is 0. The van der Waals surface area contributed by atoms with Crippen LogP contribution >= 0.6 is 0 Å². The summed E-state index contributed by atoms with van der Waals surface area (Å²) in [5, 5.41) is 0. The molecule has 5 nitrogen and oxygen atoms in total. The lowest BCUT2D eigenvalue weighted by atomic mass is 9.97. The van der Waals surface area contributed by atoms with Crippen molar-refractivity contribution in [2.75, 3.05) is 19.6 Å². The molecule has 4 rings (SSSR count). The molecule has 0 amide bonds. The minimum absolute atomic E-state index is 0.0330. The average Bonchev–Trinajstić information content (AvgIpc) is 3.18. The summed E-state index contributed by atoms with van der Waals surface area (Å²) in [5.41, 5.74) is 2.50. The van der Waals surface area contributed by atoms with E-state index >= 15 is 0 Å². The fourth-order valence-electron chi connectivity index (χ4n) is 3.57. The van der Waals surface area contributed by atoms with Gasteiger partial charge in [-0.1, -0.05) is 30.3 Å². The van der Waals surface area contributed by atoms with E-state index in [2.05, 4.69) is 19.9 Å². The Morgan fingerprint density at radius 2 is 1.75 bits per heavy atom. The molecule has 1 aliphatic rings. The van der Waals surface area contributed by atoms with Crippen molar-refractivity contribution in [2.24, 2.45) is 0 Å². The van der Waals surface area contributed by atoms with E-state index in [9.17, 15) is 13.2 Å². The second-order valence-electron chi connectivity index (χ2n) is 7.03. The molecular weight excluding hydrogens is 367 g/mol. The molecule has 28 heavy (non-hydrogen) atoms. The van der Waals surface area contributed by atoms with Crippen molar-refractivity contribution in [1.29, 1.82) is 0 Å². The molecule has 0 aliphatic carbocycles. The van der Waals surface area contributed by atoms with Gasteiger partial charge >= 0.3 is 6.18 Å². The fraction of sp³-hybridized carbons (Fsp3) is 0.350. The summed E-state index contributed by atoms with van der Waals surface area (Å²) in [6, 6.07) is 9.68. The Kier molecular flexibility index (Phi) is 5.13. The molecule has 0 spiro atoms. The third kappa shape index (κ3) is 4.39. The molecule has 0 bridgehead atoms. The number of piperidine rings is 1. The van der Waals surface area contributed by atoms with Crippen molar-refractivity contribution in [3.05, 3.63) is 54.7 Å². The lowest BCUT2D eigenvalue weighted by molar-refractivity contribution is -0.148. The molecule has 146 valence electrons. The van der Waals surface area contributed by atoms with E-state index in [1.54, 1.807) is 18.6 Å². The number of nitrogens with zero attached hydrogens (tertiary/aromatic N) is 4. The van der Waals surface area contributed by atoms with Gasteiger partial charge in [0.05, 0.1) is 18.4 Å². The highest BCUT2D eigenvalue weighted by atomic mass is 19.4. The maximum Gasteiger partial charge on any atom is 0.401 e. The highest BCUT2D eigenvalue weighted by molar-refractivity contribution is 5.60. The van der Waals surface area contributed by atoms with Gasteiger partial charge in [0.2, 0.25) is 0 Å². The maximum atomic E-state index is 12.7. The van der Waals surface area contributed by atoms with Crippen molar-refractivity contribution in [2.45, 2.75) is 24.9 Å². The van der Waals surface area contributed by atoms with Crippen LogP contribution in [0.4, 0.5) is 13.2 Å². The van der Waals surface area contributed by atoms with Crippen LogP contribution in [0.3, 0.4) is 0 Å². The van der Waals surface area contributed by atoms with Crippen LogP contribution < -0.4 is 0 Å². The van der Waals surface area contributed by atoms with E-state index in [0.29, 0.717) is 24.7 Å². The minimum Gasteiger partial charge on any atom is -0.342 e. The van der Waals surface area contributed by atoms with Gasteiger partial charge in [-0.2, -0.15) is 13.2 Å². The van der Waals surface area contributed by atoms with E-state index in [-0.39, 0.29) is 5.92 Å². The number of aromatic amines is 1. The van der Waals surface area contributed by atoms with Gasteiger partial charge in [0.1, 0.15) is 5.82 Å². The Balaban J connectivity index is 1.47. The van der Waals surface area contributed by atoms with Crippen molar-refractivity contribution in [3.63, 3.8) is 0 Å². The summed E-state index contributed by atoms with van der Waals surface area (Å²) in [5.74, 6) is 1.32. The van der Waals surface area contributed by atoms with Crippen LogP contribution in [0, 0.1) is 0 Å². The Hall–Kier alpha value is -2.74. The first-order valence-corrected chi connectivity index (χ1v) is 9.20. The predicted molar refractivity (Wildman–Crippen MR) is 99.5 cm³/mol. The summed E-state index contributed by atoms with van der Waals surface area (Å²) < 4.78 is 38.0. The predicted octanol–water partition coefficient (Wildman–Crippen LogP) is 4.28. The zero-order valence-electron chi connectivity index (χ0n) is 15.2. The highest BCUT2D eigenvalue weighted by Gasteiger charge is 2.33. The van der Waals surface area contributed by atoms with Crippen LogP contribution in [0.2, 0.25) is 0 Å². The van der Waals surface area contributed by atoms with E-state index < -0.39 is 12.7 Å². The molecule has 3 heterocycles. The molecule has 1 N–H and O–H groups in total. The smallest absolute Gasteiger partial charge is 0.342 e.